The Hall–Kier alpha value is -0.670. The summed E-state index contributed by atoms with van der Waals surface area (Å²) in [6, 6.07) is 0. The van der Waals surface area contributed by atoms with Crippen LogP contribution in [0.15, 0.2) is 12.7 Å². The van der Waals surface area contributed by atoms with Gasteiger partial charge in [0.1, 0.15) is 5.78 Å². The molecule has 3 nitrogen and oxygen atoms in total. The number of rotatable bonds is 8. The van der Waals surface area contributed by atoms with Gasteiger partial charge >= 0.3 is 0 Å². The highest BCUT2D eigenvalue weighted by atomic mass is 16.5. The van der Waals surface area contributed by atoms with Gasteiger partial charge in [-0.05, 0) is 34.1 Å². The molecule has 0 spiro atoms. The van der Waals surface area contributed by atoms with Crippen LogP contribution < -0.4 is 0 Å². The summed E-state index contributed by atoms with van der Waals surface area (Å²) in [6.07, 6.45) is 2.62. The predicted octanol–water partition coefficient (Wildman–Crippen LogP) is 2.34. The molecule has 1 N–H and O–H groups in total. The molecular formula is C13H24O3. The quantitative estimate of drug-likeness (QED) is 0.649. The van der Waals surface area contributed by atoms with Crippen LogP contribution in [0.25, 0.3) is 0 Å². The van der Waals surface area contributed by atoms with Gasteiger partial charge in [-0.15, -0.1) is 6.58 Å². The zero-order valence-electron chi connectivity index (χ0n) is 10.9. The molecule has 0 saturated carbocycles. The maximum atomic E-state index is 11.7. The van der Waals surface area contributed by atoms with Gasteiger partial charge in [0.05, 0.1) is 12.2 Å². The SMILES string of the molecule is C=CC(C)(C)C(=O)CCOC(C)(C)CCO. The third-order valence-corrected chi connectivity index (χ3v) is 2.76. The number of aliphatic hydroxyl groups is 1. The first-order valence-corrected chi connectivity index (χ1v) is 5.67. The minimum absolute atomic E-state index is 0.0963. The summed E-state index contributed by atoms with van der Waals surface area (Å²) in [6.45, 7) is 11.6. The number of allylic oxidation sites excluding steroid dienone is 1. The highest BCUT2D eigenvalue weighted by molar-refractivity contribution is 5.85. The van der Waals surface area contributed by atoms with E-state index in [1.165, 1.54) is 0 Å². The number of carbonyl (C=O) groups is 1. The van der Waals surface area contributed by atoms with E-state index in [1.807, 2.05) is 27.7 Å². The smallest absolute Gasteiger partial charge is 0.144 e. The van der Waals surface area contributed by atoms with Crippen LogP contribution in [-0.2, 0) is 9.53 Å². The molecule has 16 heavy (non-hydrogen) atoms. The second kappa shape index (κ2) is 6.16. The molecule has 0 aliphatic heterocycles. The highest BCUT2D eigenvalue weighted by Gasteiger charge is 2.24. The van der Waals surface area contributed by atoms with E-state index in [-0.39, 0.29) is 18.0 Å². The van der Waals surface area contributed by atoms with Crippen molar-refractivity contribution in [2.75, 3.05) is 13.2 Å². The molecule has 0 aliphatic carbocycles. The molecule has 0 fully saturated rings. The van der Waals surface area contributed by atoms with Gasteiger partial charge in [-0.2, -0.15) is 0 Å². The third kappa shape index (κ3) is 5.42. The second-order valence-corrected chi connectivity index (χ2v) is 5.18. The summed E-state index contributed by atoms with van der Waals surface area (Å²) in [5.74, 6) is 0.127. The topological polar surface area (TPSA) is 46.5 Å². The average Bonchev–Trinajstić information content (AvgIpc) is 2.17. The van der Waals surface area contributed by atoms with Crippen molar-refractivity contribution in [3.05, 3.63) is 12.7 Å². The van der Waals surface area contributed by atoms with Crippen LogP contribution >= 0.6 is 0 Å². The Morgan fingerprint density at radius 1 is 1.38 bits per heavy atom. The normalized spacial score (nSPS) is 12.6. The van der Waals surface area contributed by atoms with E-state index in [9.17, 15) is 4.79 Å². The van der Waals surface area contributed by atoms with Crippen LogP contribution in [0, 0.1) is 5.41 Å². The van der Waals surface area contributed by atoms with Crippen molar-refractivity contribution in [3.8, 4) is 0 Å². The summed E-state index contributed by atoms with van der Waals surface area (Å²) in [7, 11) is 0. The van der Waals surface area contributed by atoms with Gasteiger partial charge in [-0.3, -0.25) is 4.79 Å². The van der Waals surface area contributed by atoms with Crippen molar-refractivity contribution >= 4 is 5.78 Å². The first kappa shape index (κ1) is 15.3. The Morgan fingerprint density at radius 3 is 2.38 bits per heavy atom. The van der Waals surface area contributed by atoms with Crippen LogP contribution in [0.3, 0.4) is 0 Å². The first-order valence-electron chi connectivity index (χ1n) is 5.67. The zero-order chi connectivity index (χ0) is 12.8. The van der Waals surface area contributed by atoms with E-state index in [0.29, 0.717) is 19.4 Å². The fourth-order valence-electron chi connectivity index (χ4n) is 1.20. The molecule has 0 rings (SSSR count). The molecule has 0 aromatic rings. The fourth-order valence-corrected chi connectivity index (χ4v) is 1.20. The lowest BCUT2D eigenvalue weighted by molar-refractivity contribution is -0.127. The van der Waals surface area contributed by atoms with Gasteiger partial charge < -0.3 is 9.84 Å². The first-order chi connectivity index (χ1) is 7.25. The van der Waals surface area contributed by atoms with Crippen LogP contribution in [0.4, 0.5) is 0 Å². The zero-order valence-corrected chi connectivity index (χ0v) is 10.9. The Kier molecular flexibility index (Phi) is 5.90. The molecule has 0 amide bonds. The van der Waals surface area contributed by atoms with Crippen molar-refractivity contribution in [1.82, 2.24) is 0 Å². The summed E-state index contributed by atoms with van der Waals surface area (Å²) in [4.78, 5) is 11.7. The maximum absolute atomic E-state index is 11.7. The number of Topliss-reactive ketones (excluding diaryl/α,β-unsaturated/α-hetero) is 1. The van der Waals surface area contributed by atoms with E-state index in [0.717, 1.165) is 0 Å². The van der Waals surface area contributed by atoms with Crippen LogP contribution in [-0.4, -0.2) is 29.7 Å². The minimum Gasteiger partial charge on any atom is -0.396 e. The van der Waals surface area contributed by atoms with Crippen LogP contribution in [0.1, 0.15) is 40.5 Å². The number of carbonyl (C=O) groups excluding carboxylic acids is 1. The third-order valence-electron chi connectivity index (χ3n) is 2.76. The lowest BCUT2D eigenvalue weighted by Crippen LogP contribution is -2.29. The van der Waals surface area contributed by atoms with Gasteiger partial charge in [0.15, 0.2) is 0 Å². The van der Waals surface area contributed by atoms with Crippen LogP contribution in [0.2, 0.25) is 0 Å². The Labute approximate surface area is 98.5 Å². The molecule has 94 valence electrons. The van der Waals surface area contributed by atoms with Crippen molar-refractivity contribution in [1.29, 1.82) is 0 Å². The Morgan fingerprint density at radius 2 is 1.94 bits per heavy atom. The van der Waals surface area contributed by atoms with Gasteiger partial charge in [0.2, 0.25) is 0 Å². The predicted molar refractivity (Wildman–Crippen MR) is 65.3 cm³/mol. The van der Waals surface area contributed by atoms with Gasteiger partial charge in [-0.1, -0.05) is 6.08 Å². The number of ether oxygens (including phenoxy) is 1. The largest absolute Gasteiger partial charge is 0.396 e. The molecule has 3 heteroatoms. The van der Waals surface area contributed by atoms with E-state index in [1.54, 1.807) is 6.08 Å². The minimum atomic E-state index is -0.482. The van der Waals surface area contributed by atoms with Gasteiger partial charge in [0, 0.05) is 18.4 Å². The lowest BCUT2D eigenvalue weighted by Gasteiger charge is -2.25. The molecule has 0 atom stereocenters. The Bertz CT molecular complexity index is 242. The average molecular weight is 228 g/mol. The monoisotopic (exact) mass is 228 g/mol. The lowest BCUT2D eigenvalue weighted by atomic mass is 9.87. The molecule has 0 radical (unpaired) electrons. The van der Waals surface area contributed by atoms with E-state index < -0.39 is 5.41 Å². The number of aliphatic hydroxyl groups excluding tert-OH is 1. The van der Waals surface area contributed by atoms with Crippen molar-refractivity contribution < 1.29 is 14.6 Å². The number of hydrogen-bond donors (Lipinski definition) is 1. The van der Waals surface area contributed by atoms with E-state index in [4.69, 9.17) is 9.84 Å². The second-order valence-electron chi connectivity index (χ2n) is 5.18. The summed E-state index contributed by atoms with van der Waals surface area (Å²) in [5.41, 5.74) is -0.849. The molecule has 0 heterocycles. The molecular weight excluding hydrogens is 204 g/mol. The fraction of sp³-hybridized carbons (Fsp3) is 0.769. The number of ketones is 1. The van der Waals surface area contributed by atoms with Crippen molar-refractivity contribution in [3.63, 3.8) is 0 Å². The van der Waals surface area contributed by atoms with Gasteiger partial charge in [0.25, 0.3) is 0 Å². The molecule has 0 unspecified atom stereocenters. The molecule has 0 aromatic heterocycles. The molecule has 0 aromatic carbocycles. The maximum Gasteiger partial charge on any atom is 0.144 e. The van der Waals surface area contributed by atoms with E-state index >= 15 is 0 Å². The summed E-state index contributed by atoms with van der Waals surface area (Å²) >= 11 is 0. The van der Waals surface area contributed by atoms with Crippen molar-refractivity contribution in [2.24, 2.45) is 5.41 Å². The van der Waals surface area contributed by atoms with Crippen LogP contribution in [0.5, 0.6) is 0 Å². The standard InChI is InChI=1S/C13H24O3/c1-6-12(2,3)11(15)7-10-16-13(4,5)8-9-14/h6,14H,1,7-10H2,2-5H3. The highest BCUT2D eigenvalue weighted by Crippen LogP contribution is 2.20. The van der Waals surface area contributed by atoms with Crippen molar-refractivity contribution in [2.45, 2.75) is 46.1 Å². The molecule has 0 bridgehead atoms. The number of hydrogen-bond acceptors (Lipinski definition) is 3. The summed E-state index contributed by atoms with van der Waals surface area (Å²) < 4.78 is 5.57. The molecule has 0 aliphatic rings. The van der Waals surface area contributed by atoms with Gasteiger partial charge in [-0.25, -0.2) is 0 Å². The Balaban J connectivity index is 4.00. The summed E-state index contributed by atoms with van der Waals surface area (Å²) in [5, 5.41) is 8.82. The van der Waals surface area contributed by atoms with E-state index in [2.05, 4.69) is 6.58 Å². The molecule has 0 saturated heterocycles.